The Morgan fingerprint density at radius 2 is 1.22 bits per heavy atom. The number of carbonyl (C=O) groups excluding carboxylic acids is 4. The Morgan fingerprint density at radius 1 is 0.729 bits per heavy atom. The van der Waals surface area contributed by atoms with Crippen molar-refractivity contribution >= 4 is 24.0 Å². The van der Waals surface area contributed by atoms with Crippen molar-refractivity contribution < 1.29 is 33.8 Å². The number of methoxy groups -OCH3 is 2. The van der Waals surface area contributed by atoms with Crippen molar-refractivity contribution in [2.24, 2.45) is 17.8 Å². The quantitative estimate of drug-likeness (QED) is 0.111. The number of hydrogen-bond acceptors (Lipinski definition) is 9. The van der Waals surface area contributed by atoms with Crippen molar-refractivity contribution in [2.45, 2.75) is 101 Å². The van der Waals surface area contributed by atoms with E-state index < -0.39 is 30.9 Å². The average molecular weight is 805 g/mol. The molecule has 0 bridgehead atoms. The van der Waals surface area contributed by atoms with Gasteiger partial charge in [-0.15, -0.1) is 0 Å². The summed E-state index contributed by atoms with van der Waals surface area (Å²) in [6.07, 6.45) is 9.93. The van der Waals surface area contributed by atoms with Gasteiger partial charge in [0.05, 0.1) is 56.7 Å². The third kappa shape index (κ3) is 6.72. The minimum atomic E-state index is -1.10. The lowest BCUT2D eigenvalue weighted by Gasteiger charge is -2.33. The molecule has 5 N–H and O–H groups in total. The molecular weight excluding hydrogens is 753 g/mol. The number of aliphatic hydroxyl groups excluding tert-OH is 1. The lowest BCUT2D eigenvalue weighted by atomic mass is 9.78. The Hall–Kier alpha value is -5.70. The molecule has 0 spiro atoms. The van der Waals surface area contributed by atoms with Crippen LogP contribution in [0, 0.1) is 17.8 Å². The van der Waals surface area contributed by atoms with Crippen LogP contribution in [0.1, 0.15) is 88.9 Å². The van der Waals surface area contributed by atoms with E-state index in [2.05, 4.69) is 57.0 Å². The highest BCUT2D eigenvalue weighted by molar-refractivity contribution is 6.04. The molecule has 0 radical (unpaired) electrons. The van der Waals surface area contributed by atoms with Gasteiger partial charge in [-0.2, -0.15) is 0 Å². The number of imidazole rings is 2. The first kappa shape index (κ1) is 38.8. The van der Waals surface area contributed by atoms with Crippen LogP contribution in [-0.4, -0.2) is 104 Å². The number of fused-ring (bicyclic) bond motifs is 6. The molecule has 8 atom stereocenters. The fourth-order valence-electron chi connectivity index (χ4n) is 10.7. The Labute approximate surface area is 342 Å². The molecule has 2 saturated carbocycles. The second kappa shape index (κ2) is 15.5. The molecule has 2 aromatic heterocycles. The maximum Gasteiger partial charge on any atom is 0.407 e. The largest absolute Gasteiger partial charge is 0.453 e. The molecule has 4 amide bonds. The number of aromatic nitrogens is 4. The minimum absolute atomic E-state index is 0.0291. The molecule has 2 saturated heterocycles. The van der Waals surface area contributed by atoms with Crippen LogP contribution < -0.4 is 10.6 Å². The summed E-state index contributed by atoms with van der Waals surface area (Å²) in [5.41, 5.74) is 8.30. The lowest BCUT2D eigenvalue weighted by Crippen LogP contribution is -2.53. The Morgan fingerprint density at radius 3 is 1.69 bits per heavy atom. The van der Waals surface area contributed by atoms with E-state index in [4.69, 9.17) is 19.4 Å². The normalized spacial score (nSPS) is 24.8. The first-order valence-corrected chi connectivity index (χ1v) is 20.9. The van der Waals surface area contributed by atoms with E-state index >= 15 is 0 Å². The van der Waals surface area contributed by atoms with Crippen LogP contribution in [0.5, 0.6) is 0 Å². The van der Waals surface area contributed by atoms with Gasteiger partial charge in [0.1, 0.15) is 23.7 Å². The number of H-pyrrole nitrogens is 2. The Kier molecular flexibility index (Phi) is 10.2. The van der Waals surface area contributed by atoms with Crippen LogP contribution in [0.3, 0.4) is 0 Å². The molecule has 15 nitrogen and oxygen atoms in total. The predicted octanol–water partition coefficient (Wildman–Crippen LogP) is 6.10. The van der Waals surface area contributed by atoms with E-state index in [1.165, 1.54) is 14.2 Å². The third-order valence-electron chi connectivity index (χ3n) is 13.6. The maximum absolute atomic E-state index is 14.1. The van der Waals surface area contributed by atoms with Gasteiger partial charge in [0.2, 0.25) is 11.8 Å². The SMILES string of the molecule is COC(=O)N[C@@H](CO)C(=O)N1[C@H](c2ncc(-c3ccc4c(c3)-c3ccc(-c5cnc([C@@H]6C[C@@H]7CCC[C@@H]7N6C(=O)[C@@H](NC(=O)OC)C(C)C)[nH]5)cc3-4)[nH]2)C[C@@H]2CCC[C@@H]21. The van der Waals surface area contributed by atoms with Crippen molar-refractivity contribution in [3.8, 4) is 44.8 Å². The monoisotopic (exact) mass is 804 g/mol. The summed E-state index contributed by atoms with van der Waals surface area (Å²) in [5.74, 6) is 1.65. The first-order valence-electron chi connectivity index (χ1n) is 20.9. The zero-order chi connectivity index (χ0) is 41.1. The van der Waals surface area contributed by atoms with Gasteiger partial charge in [0.15, 0.2) is 0 Å². The average Bonchev–Trinajstić information content (AvgIpc) is 4.09. The highest BCUT2D eigenvalue weighted by Gasteiger charge is 2.50. The minimum Gasteiger partial charge on any atom is -0.453 e. The smallest absolute Gasteiger partial charge is 0.407 e. The number of aromatic amines is 2. The lowest BCUT2D eigenvalue weighted by molar-refractivity contribution is -0.138. The molecule has 0 unspecified atom stereocenters. The van der Waals surface area contributed by atoms with Gasteiger partial charge in [0, 0.05) is 23.2 Å². The fraction of sp³-hybridized carbons (Fsp3) is 0.500. The van der Waals surface area contributed by atoms with E-state index in [1.54, 1.807) is 0 Å². The number of hydrogen-bond donors (Lipinski definition) is 5. The summed E-state index contributed by atoms with van der Waals surface area (Å²) in [4.78, 5) is 72.6. The van der Waals surface area contributed by atoms with E-state index in [0.717, 1.165) is 102 Å². The van der Waals surface area contributed by atoms with Crippen molar-refractivity contribution in [3.63, 3.8) is 0 Å². The van der Waals surface area contributed by atoms with Crippen molar-refractivity contribution in [1.82, 2.24) is 40.4 Å². The topological polar surface area (TPSA) is 195 Å². The summed E-state index contributed by atoms with van der Waals surface area (Å²) < 4.78 is 9.55. The van der Waals surface area contributed by atoms with Crippen LogP contribution in [0.15, 0.2) is 48.8 Å². The molecule has 3 aliphatic carbocycles. The summed E-state index contributed by atoms with van der Waals surface area (Å²) in [5, 5.41) is 15.3. The second-order valence-corrected chi connectivity index (χ2v) is 17.1. The Bertz CT molecular complexity index is 2290. The summed E-state index contributed by atoms with van der Waals surface area (Å²) in [6, 6.07) is 10.6. The number of amides is 4. The van der Waals surface area contributed by atoms with Crippen LogP contribution in [0.2, 0.25) is 0 Å². The molecule has 2 aromatic carbocycles. The molecule has 4 aromatic rings. The molecule has 9 rings (SSSR count). The fourth-order valence-corrected chi connectivity index (χ4v) is 10.7. The Balaban J connectivity index is 0.923. The second-order valence-electron chi connectivity index (χ2n) is 17.1. The predicted molar refractivity (Wildman–Crippen MR) is 217 cm³/mol. The standard InChI is InChI=1S/C44H52N8O7/c1-22(2)38(50-44(57)59-4)42(55)52-35-10-6-8-26(35)18-37(52)40-46-20-32(48-40)24-12-14-28-29-15-23(11-13-27(29)30(28)16-24)31-19-45-39(47-31)36-17-25-7-5-9-34(25)51(36)41(54)33(21-53)49-43(56)58-3/h11-16,19-20,22,25-26,33-38,53H,5-10,17-18,21H2,1-4H3,(H,45,47)(H,46,48)(H,49,56)(H,50,57)/t25-,26-,33-,34-,35-,36-,37-,38-/m0/s1. The van der Waals surface area contributed by atoms with Crippen LogP contribution in [0.4, 0.5) is 9.59 Å². The number of ether oxygens (including phenoxy) is 2. The molecule has 4 fully saturated rings. The van der Waals surface area contributed by atoms with E-state index in [9.17, 15) is 24.3 Å². The van der Waals surface area contributed by atoms with Gasteiger partial charge < -0.3 is 45.0 Å². The van der Waals surface area contributed by atoms with E-state index in [1.807, 2.05) is 36.0 Å². The maximum atomic E-state index is 14.1. The molecule has 4 heterocycles. The molecule has 2 aliphatic heterocycles. The first-order chi connectivity index (χ1) is 28.6. The van der Waals surface area contributed by atoms with Crippen LogP contribution in [-0.2, 0) is 19.1 Å². The van der Waals surface area contributed by atoms with E-state index in [-0.39, 0.29) is 41.9 Å². The van der Waals surface area contributed by atoms with Gasteiger partial charge in [-0.05, 0) is 90.7 Å². The molecule has 310 valence electrons. The van der Waals surface area contributed by atoms with Gasteiger partial charge in [-0.1, -0.05) is 51.0 Å². The third-order valence-corrected chi connectivity index (χ3v) is 13.6. The van der Waals surface area contributed by atoms with Gasteiger partial charge >= 0.3 is 12.2 Å². The van der Waals surface area contributed by atoms with Crippen molar-refractivity contribution in [2.75, 3.05) is 20.8 Å². The van der Waals surface area contributed by atoms with Crippen LogP contribution >= 0.6 is 0 Å². The number of likely N-dealkylation sites (tertiary alicyclic amines) is 2. The van der Waals surface area contributed by atoms with Crippen LogP contribution in [0.25, 0.3) is 44.8 Å². The van der Waals surface area contributed by atoms with Gasteiger partial charge in [-0.3, -0.25) is 9.59 Å². The highest BCUT2D eigenvalue weighted by Crippen LogP contribution is 2.51. The number of alkyl carbamates (subject to hydrolysis) is 2. The number of aliphatic hydroxyl groups is 1. The van der Waals surface area contributed by atoms with Gasteiger partial charge in [0.25, 0.3) is 0 Å². The van der Waals surface area contributed by atoms with E-state index in [0.29, 0.717) is 17.7 Å². The molecule has 59 heavy (non-hydrogen) atoms. The zero-order valence-corrected chi connectivity index (χ0v) is 33.9. The summed E-state index contributed by atoms with van der Waals surface area (Å²) in [6.45, 7) is 3.34. The summed E-state index contributed by atoms with van der Waals surface area (Å²) in [7, 11) is 2.54. The molecule has 5 aliphatic rings. The van der Waals surface area contributed by atoms with Gasteiger partial charge in [-0.25, -0.2) is 19.6 Å². The number of nitrogens with zero attached hydrogens (tertiary/aromatic N) is 4. The molecular formula is C44H52N8O7. The molecule has 15 heteroatoms. The zero-order valence-electron chi connectivity index (χ0n) is 33.9. The summed E-state index contributed by atoms with van der Waals surface area (Å²) >= 11 is 0. The van der Waals surface area contributed by atoms with Crippen molar-refractivity contribution in [1.29, 1.82) is 0 Å². The number of benzene rings is 2. The number of rotatable bonds is 10. The highest BCUT2D eigenvalue weighted by atomic mass is 16.5. The van der Waals surface area contributed by atoms with Crippen molar-refractivity contribution in [3.05, 3.63) is 60.4 Å². The number of nitrogens with one attached hydrogen (secondary N) is 4. The number of carbonyl (C=O) groups is 4.